The first kappa shape index (κ1) is 24.7. The highest BCUT2D eigenvalue weighted by Crippen LogP contribution is 2.39. The standard InChI is InChI=1S/C24H20F3N7O2S/c1-13-3-4-16(31-22(35)19-10-15(5-6-28-19)24(25,26)27)11-17(13)18-9-14-12-30-23(33-37(2)36)32-20(14)34-8-7-29-21(18)34/h3-6,9-12,29H,7-8H2,1-2H3,(H,31,35). The second-order valence-corrected chi connectivity index (χ2v) is 9.39. The molecule has 2 N–H and O–H groups in total. The lowest BCUT2D eigenvalue weighted by Gasteiger charge is -2.18. The molecule has 190 valence electrons. The molecule has 1 unspecified atom stereocenters. The Morgan fingerprint density at radius 1 is 1.19 bits per heavy atom. The van der Waals surface area contributed by atoms with Gasteiger partial charge in [0.15, 0.2) is 0 Å². The summed E-state index contributed by atoms with van der Waals surface area (Å²) in [4.78, 5) is 25.1. The van der Waals surface area contributed by atoms with Crippen molar-refractivity contribution in [1.29, 1.82) is 0 Å². The van der Waals surface area contributed by atoms with Gasteiger partial charge in [0, 0.05) is 42.3 Å². The first-order valence-corrected chi connectivity index (χ1v) is 12.6. The number of amides is 1. The second kappa shape index (κ2) is 9.48. The van der Waals surface area contributed by atoms with Crippen LogP contribution in [0.3, 0.4) is 0 Å². The van der Waals surface area contributed by atoms with Gasteiger partial charge in [-0.25, -0.2) is 4.98 Å². The van der Waals surface area contributed by atoms with E-state index in [0.717, 1.165) is 46.4 Å². The maximum Gasteiger partial charge on any atom is 0.416 e. The number of pyridine rings is 2. The van der Waals surface area contributed by atoms with Crippen LogP contribution in [0.25, 0.3) is 22.5 Å². The number of nitrogens with zero attached hydrogens (tertiary/aromatic N) is 5. The summed E-state index contributed by atoms with van der Waals surface area (Å²) in [5.41, 5.74) is 2.54. The Bertz CT molecular complexity index is 1550. The minimum atomic E-state index is -4.58. The number of aromatic nitrogens is 4. The van der Waals surface area contributed by atoms with E-state index in [1.54, 1.807) is 18.3 Å². The summed E-state index contributed by atoms with van der Waals surface area (Å²) in [5.74, 6) is 0.691. The van der Waals surface area contributed by atoms with Crippen LogP contribution in [0.1, 0.15) is 21.6 Å². The molecule has 3 aliphatic rings. The van der Waals surface area contributed by atoms with Crippen LogP contribution in [0.2, 0.25) is 0 Å². The van der Waals surface area contributed by atoms with Crippen molar-refractivity contribution in [3.05, 3.63) is 71.2 Å². The molecule has 0 saturated carbocycles. The summed E-state index contributed by atoms with van der Waals surface area (Å²) >= 11 is -1.44. The van der Waals surface area contributed by atoms with Crippen molar-refractivity contribution in [2.75, 3.05) is 23.4 Å². The fourth-order valence-electron chi connectivity index (χ4n) is 4.14. The Morgan fingerprint density at radius 2 is 2.00 bits per heavy atom. The monoisotopic (exact) mass is 527 g/mol. The average molecular weight is 528 g/mol. The molecule has 9 nitrogen and oxygen atoms in total. The van der Waals surface area contributed by atoms with Crippen molar-refractivity contribution >= 4 is 28.8 Å². The van der Waals surface area contributed by atoms with Crippen molar-refractivity contribution in [2.45, 2.75) is 19.6 Å². The summed E-state index contributed by atoms with van der Waals surface area (Å²) in [7, 11) is 0. The maximum absolute atomic E-state index is 13.0. The number of rotatable bonds is 4. The predicted molar refractivity (Wildman–Crippen MR) is 132 cm³/mol. The van der Waals surface area contributed by atoms with Gasteiger partial charge in [0.05, 0.1) is 16.9 Å². The van der Waals surface area contributed by atoms with Crippen LogP contribution in [-0.2, 0) is 24.1 Å². The van der Waals surface area contributed by atoms with E-state index in [1.165, 1.54) is 6.26 Å². The minimum absolute atomic E-state index is 0.131. The number of fused-ring (bicyclic) bond motifs is 3. The van der Waals surface area contributed by atoms with Crippen molar-refractivity contribution < 1.29 is 22.5 Å². The van der Waals surface area contributed by atoms with Crippen molar-refractivity contribution in [2.24, 2.45) is 4.40 Å². The molecule has 0 radical (unpaired) electrons. The molecule has 2 aromatic rings. The topological polar surface area (TPSA) is 120 Å². The Balaban J connectivity index is 1.53. The third kappa shape index (κ3) is 5.00. The Labute approximate surface area is 212 Å². The van der Waals surface area contributed by atoms with E-state index in [0.29, 0.717) is 24.6 Å². The van der Waals surface area contributed by atoms with E-state index in [9.17, 15) is 22.5 Å². The number of carbonyl (C=O) groups is 1. The van der Waals surface area contributed by atoms with Gasteiger partial charge in [0.1, 0.15) is 23.6 Å². The van der Waals surface area contributed by atoms with Crippen LogP contribution in [0.15, 0.2) is 53.2 Å². The molecular weight excluding hydrogens is 507 g/mol. The van der Waals surface area contributed by atoms with E-state index in [1.807, 2.05) is 23.6 Å². The highest BCUT2D eigenvalue weighted by atomic mass is 32.2. The Morgan fingerprint density at radius 3 is 2.76 bits per heavy atom. The third-order valence-electron chi connectivity index (χ3n) is 5.81. The summed E-state index contributed by atoms with van der Waals surface area (Å²) in [6.45, 7) is 3.22. The van der Waals surface area contributed by atoms with E-state index < -0.39 is 29.0 Å². The highest BCUT2D eigenvalue weighted by molar-refractivity contribution is 7.89. The quantitative estimate of drug-likeness (QED) is 0.391. The zero-order chi connectivity index (χ0) is 26.3. The van der Waals surface area contributed by atoms with Gasteiger partial charge in [0.2, 0.25) is 0 Å². The molecule has 5 rings (SSSR count). The number of anilines is 2. The minimum Gasteiger partial charge on any atom is -0.591 e. The van der Waals surface area contributed by atoms with Gasteiger partial charge in [-0.15, -0.1) is 0 Å². The van der Waals surface area contributed by atoms with Crippen molar-refractivity contribution in [3.63, 3.8) is 0 Å². The van der Waals surface area contributed by atoms with Gasteiger partial charge in [-0.05, 0) is 52.8 Å². The maximum atomic E-state index is 13.0. The largest absolute Gasteiger partial charge is 0.591 e. The third-order valence-corrected chi connectivity index (χ3v) is 6.23. The lowest BCUT2D eigenvalue weighted by Crippen LogP contribution is -2.19. The number of halogens is 3. The Kier molecular flexibility index (Phi) is 6.33. The van der Waals surface area contributed by atoms with Crippen LogP contribution in [0, 0.1) is 6.92 Å². The van der Waals surface area contributed by atoms with Crippen LogP contribution < -0.4 is 16.3 Å². The number of benzene rings is 1. The molecule has 13 heteroatoms. The van der Waals surface area contributed by atoms with E-state index in [-0.39, 0.29) is 11.3 Å². The summed E-state index contributed by atoms with van der Waals surface area (Å²) < 4.78 is 56.5. The smallest absolute Gasteiger partial charge is 0.416 e. The van der Waals surface area contributed by atoms with Gasteiger partial charge >= 0.3 is 6.18 Å². The zero-order valence-electron chi connectivity index (χ0n) is 19.6. The molecule has 1 atom stereocenters. The molecule has 0 aliphatic carbocycles. The normalized spacial score (nSPS) is 14.4. The number of hydrogen-bond donors (Lipinski definition) is 2. The zero-order valence-corrected chi connectivity index (χ0v) is 20.4. The van der Waals surface area contributed by atoms with Crippen LogP contribution in [0.5, 0.6) is 0 Å². The second-order valence-electron chi connectivity index (χ2n) is 8.36. The Hall–Kier alpha value is -3.97. The number of carbonyl (C=O) groups excluding carboxylic acids is 1. The predicted octanol–water partition coefficient (Wildman–Crippen LogP) is 3.64. The highest BCUT2D eigenvalue weighted by Gasteiger charge is 2.31. The van der Waals surface area contributed by atoms with E-state index >= 15 is 0 Å². The van der Waals surface area contributed by atoms with Gasteiger partial charge in [0.25, 0.3) is 11.5 Å². The molecule has 1 aromatic heterocycles. The fourth-order valence-corrected chi connectivity index (χ4v) is 4.46. The summed E-state index contributed by atoms with van der Waals surface area (Å²) in [6, 6.07) is 8.69. The molecule has 0 bridgehead atoms. The molecule has 37 heavy (non-hydrogen) atoms. The van der Waals surface area contributed by atoms with Crippen molar-refractivity contribution in [1.82, 2.24) is 19.5 Å². The first-order valence-electron chi connectivity index (χ1n) is 11.1. The van der Waals surface area contributed by atoms with Crippen LogP contribution >= 0.6 is 0 Å². The van der Waals surface area contributed by atoms with E-state index in [4.69, 9.17) is 0 Å². The molecule has 0 fully saturated rings. The molecule has 0 spiro atoms. The molecule has 3 aliphatic heterocycles. The van der Waals surface area contributed by atoms with Gasteiger partial charge in [-0.2, -0.15) is 18.2 Å². The van der Waals surface area contributed by atoms with Gasteiger partial charge in [-0.1, -0.05) is 6.07 Å². The van der Waals surface area contributed by atoms with Gasteiger partial charge < -0.3 is 19.8 Å². The lowest BCUT2D eigenvalue weighted by atomic mass is 9.98. The van der Waals surface area contributed by atoms with Crippen LogP contribution in [0.4, 0.5) is 24.7 Å². The molecule has 4 heterocycles. The number of aryl methyl sites for hydroxylation is 1. The van der Waals surface area contributed by atoms with E-state index in [2.05, 4.69) is 30.0 Å². The summed E-state index contributed by atoms with van der Waals surface area (Å²) in [5, 5.41) is 6.00. The van der Waals surface area contributed by atoms with Gasteiger partial charge in [-0.3, -0.25) is 9.78 Å². The fraction of sp³-hybridized carbons (Fsp3) is 0.208. The first-order chi connectivity index (χ1) is 17.6. The number of alkyl halides is 3. The SMILES string of the molecule is Cc1ccc(NC(=O)c2cc(C(F)(F)F)ccn2)cc1-c1cc2cnc(=N[S+](C)[O-])nc-2n2c1NCC2. The molecule has 1 amide bonds. The van der Waals surface area contributed by atoms with Crippen LogP contribution in [-0.4, -0.2) is 42.8 Å². The number of nitrogens with one attached hydrogen (secondary N) is 2. The number of hydrogen-bond acceptors (Lipinski definition) is 7. The van der Waals surface area contributed by atoms with Crippen molar-refractivity contribution in [3.8, 4) is 22.5 Å². The molecule has 1 aromatic carbocycles. The average Bonchev–Trinajstić information content (AvgIpc) is 3.35. The lowest BCUT2D eigenvalue weighted by molar-refractivity contribution is -0.137. The molecular formula is C24H20F3N7O2S. The molecule has 0 saturated heterocycles. The summed E-state index contributed by atoms with van der Waals surface area (Å²) in [6.07, 6.45) is -0.572.